The molecule has 0 amide bonds. The molecule has 1 fully saturated rings. The third-order valence-electron chi connectivity index (χ3n) is 7.73. The number of ketones is 1. The highest BCUT2D eigenvalue weighted by Gasteiger charge is 2.59. The lowest BCUT2D eigenvalue weighted by Gasteiger charge is -2.59. The van der Waals surface area contributed by atoms with Gasteiger partial charge in [0.25, 0.3) is 0 Å². The number of hydrogen-bond acceptors (Lipinski definition) is 6. The van der Waals surface area contributed by atoms with Gasteiger partial charge in [0.2, 0.25) is 0 Å². The van der Waals surface area contributed by atoms with Gasteiger partial charge in [-0.25, -0.2) is 0 Å². The minimum Gasteiger partial charge on any atom is -0.493 e. The van der Waals surface area contributed by atoms with Crippen LogP contribution >= 0.6 is 11.8 Å². The summed E-state index contributed by atoms with van der Waals surface area (Å²) in [5, 5.41) is 0.109. The summed E-state index contributed by atoms with van der Waals surface area (Å²) in [4.78, 5) is 29.0. The minimum absolute atomic E-state index is 0.0214. The van der Waals surface area contributed by atoms with Crippen LogP contribution in [0.1, 0.15) is 47.3 Å². The van der Waals surface area contributed by atoms with Crippen molar-refractivity contribution in [1.29, 1.82) is 0 Å². The van der Waals surface area contributed by atoms with Gasteiger partial charge in [0.05, 0.1) is 12.4 Å². The van der Waals surface area contributed by atoms with E-state index < -0.39 is 5.41 Å². The molecule has 2 aromatic rings. The van der Waals surface area contributed by atoms with Crippen LogP contribution in [0.15, 0.2) is 53.1 Å². The predicted octanol–water partition coefficient (Wildman–Crippen LogP) is 5.14. The molecule has 0 N–H and O–H groups in total. The van der Waals surface area contributed by atoms with Crippen molar-refractivity contribution in [2.45, 2.75) is 55.2 Å². The predicted molar refractivity (Wildman–Crippen MR) is 133 cm³/mol. The van der Waals surface area contributed by atoms with Crippen LogP contribution in [-0.2, 0) is 19.7 Å². The number of esters is 1. The maximum Gasteiger partial charge on any atom is 0.308 e. The van der Waals surface area contributed by atoms with Gasteiger partial charge in [0.15, 0.2) is 11.5 Å². The highest BCUT2D eigenvalue weighted by atomic mass is 32.2. The zero-order valence-corrected chi connectivity index (χ0v) is 21.2. The van der Waals surface area contributed by atoms with E-state index in [1.807, 2.05) is 18.7 Å². The summed E-state index contributed by atoms with van der Waals surface area (Å²) in [6.07, 6.45) is 3.25. The summed E-state index contributed by atoms with van der Waals surface area (Å²) in [7, 11) is 3.76. The monoisotopic (exact) mass is 477 g/mol. The van der Waals surface area contributed by atoms with Crippen molar-refractivity contribution in [3.63, 3.8) is 0 Å². The Hall–Kier alpha value is -2.57. The van der Waals surface area contributed by atoms with Gasteiger partial charge in [-0.3, -0.25) is 9.59 Å². The lowest BCUT2D eigenvalue weighted by atomic mass is 9.53. The maximum absolute atomic E-state index is 13.2. The number of carbonyl (C=O) groups is 2. The molecule has 178 valence electrons. The number of aryl methyl sites for hydroxylation is 2. The molecule has 1 heterocycles. The van der Waals surface area contributed by atoms with Crippen molar-refractivity contribution in [2.75, 3.05) is 20.7 Å². The molecule has 5 rings (SSSR count). The van der Waals surface area contributed by atoms with E-state index in [2.05, 4.69) is 61.3 Å². The van der Waals surface area contributed by atoms with Crippen LogP contribution in [-0.4, -0.2) is 43.4 Å². The van der Waals surface area contributed by atoms with Gasteiger partial charge in [-0.2, -0.15) is 0 Å². The summed E-state index contributed by atoms with van der Waals surface area (Å²) >= 11 is 1.85. The lowest BCUT2D eigenvalue weighted by molar-refractivity contribution is -0.132. The normalized spacial score (nSPS) is 28.0. The number of likely N-dealkylation sites (tertiary alicyclic amines) is 1. The van der Waals surface area contributed by atoms with E-state index in [-0.39, 0.29) is 29.0 Å². The molecule has 0 spiro atoms. The van der Waals surface area contributed by atoms with Gasteiger partial charge >= 0.3 is 5.97 Å². The molecule has 2 bridgehead atoms. The average molecular weight is 478 g/mol. The van der Waals surface area contributed by atoms with Crippen molar-refractivity contribution >= 4 is 23.5 Å². The Morgan fingerprint density at radius 3 is 2.71 bits per heavy atom. The van der Waals surface area contributed by atoms with Crippen LogP contribution in [0.25, 0.3) is 0 Å². The number of piperidine rings is 1. The first-order valence-corrected chi connectivity index (χ1v) is 12.7. The fourth-order valence-corrected chi connectivity index (χ4v) is 7.79. The van der Waals surface area contributed by atoms with E-state index in [9.17, 15) is 9.59 Å². The van der Waals surface area contributed by atoms with Gasteiger partial charge in [0, 0.05) is 41.2 Å². The van der Waals surface area contributed by atoms with Crippen molar-refractivity contribution in [1.82, 2.24) is 4.90 Å². The number of benzene rings is 2. The molecule has 34 heavy (non-hydrogen) atoms. The summed E-state index contributed by atoms with van der Waals surface area (Å²) in [5.41, 5.74) is 3.95. The van der Waals surface area contributed by atoms with Crippen LogP contribution in [0.5, 0.6) is 5.75 Å². The Morgan fingerprint density at radius 2 is 2.00 bits per heavy atom. The van der Waals surface area contributed by atoms with Crippen LogP contribution in [0.2, 0.25) is 0 Å². The molecule has 5 nitrogen and oxygen atoms in total. The zero-order chi connectivity index (χ0) is 24.2. The van der Waals surface area contributed by atoms with Gasteiger partial charge < -0.3 is 14.4 Å². The van der Waals surface area contributed by atoms with E-state index in [1.54, 1.807) is 7.11 Å². The first-order valence-electron chi connectivity index (χ1n) is 11.8. The van der Waals surface area contributed by atoms with E-state index in [4.69, 9.17) is 9.47 Å². The third kappa shape index (κ3) is 3.59. The molecule has 0 unspecified atom stereocenters. The summed E-state index contributed by atoms with van der Waals surface area (Å²) < 4.78 is 11.4. The Balaban J connectivity index is 1.78. The SMILES string of the molecule is COC1=C[C@@H]2[C@@H]3[C@H](Sc4cccc(C)c4)c4ccc(C)c(OC(C)=O)c4[C@]2(CCN3C)CC1=O. The van der Waals surface area contributed by atoms with Crippen LogP contribution in [0.3, 0.4) is 0 Å². The van der Waals surface area contributed by atoms with E-state index >= 15 is 0 Å². The number of allylic oxidation sites excluding steroid dienone is 1. The van der Waals surface area contributed by atoms with Crippen LogP contribution < -0.4 is 4.74 Å². The number of Topliss-reactive ketones (excluding diaryl/α,β-unsaturated/α-hetero) is 1. The standard InChI is InChI=1S/C28H31NO4S/c1-16-7-6-8-19(13-16)34-27-20-10-9-17(2)26(33-18(3)30)24(20)28-11-12-29(4)25(27)21(28)14-23(32-5)22(31)15-28/h6-10,13-14,21,25,27H,11-12,15H2,1-5H3/t21-,25-,27-,28-/m1/s1. The van der Waals surface area contributed by atoms with Crippen LogP contribution in [0, 0.1) is 19.8 Å². The molecule has 2 aliphatic carbocycles. The number of fused-ring (bicyclic) bond motifs is 1. The Labute approximate surface area is 205 Å². The molecule has 0 radical (unpaired) electrons. The van der Waals surface area contributed by atoms with Crippen molar-refractivity contribution in [2.24, 2.45) is 5.92 Å². The second-order valence-corrected chi connectivity index (χ2v) is 11.1. The first kappa shape index (κ1) is 23.2. The fraction of sp³-hybridized carbons (Fsp3) is 0.429. The number of methoxy groups -OCH3 is 1. The number of ether oxygens (including phenoxy) is 2. The van der Waals surface area contributed by atoms with Crippen molar-refractivity contribution in [3.05, 3.63) is 70.5 Å². The zero-order valence-electron chi connectivity index (χ0n) is 20.4. The van der Waals surface area contributed by atoms with Gasteiger partial charge in [0.1, 0.15) is 5.75 Å². The molecular formula is C28H31NO4S. The molecule has 1 saturated heterocycles. The molecule has 3 aliphatic rings. The molecule has 4 atom stereocenters. The van der Waals surface area contributed by atoms with Crippen molar-refractivity contribution in [3.8, 4) is 5.75 Å². The molecular weight excluding hydrogens is 446 g/mol. The second kappa shape index (κ2) is 8.58. The minimum atomic E-state index is -0.411. The number of nitrogens with zero attached hydrogens (tertiary/aromatic N) is 1. The average Bonchev–Trinajstić information content (AvgIpc) is 2.78. The van der Waals surface area contributed by atoms with E-state index in [0.29, 0.717) is 17.9 Å². The molecule has 2 aromatic carbocycles. The number of rotatable bonds is 4. The Morgan fingerprint density at radius 1 is 1.21 bits per heavy atom. The van der Waals surface area contributed by atoms with Gasteiger partial charge in [-0.1, -0.05) is 29.8 Å². The first-order chi connectivity index (χ1) is 16.2. The summed E-state index contributed by atoms with van der Waals surface area (Å²) in [5.74, 6) is 0.843. The maximum atomic E-state index is 13.2. The summed E-state index contributed by atoms with van der Waals surface area (Å²) in [6, 6.07) is 13.0. The number of likely N-dealkylation sites (N-methyl/N-ethyl adjacent to an activating group) is 1. The molecule has 0 aromatic heterocycles. The topological polar surface area (TPSA) is 55.8 Å². The lowest BCUT2D eigenvalue weighted by Crippen LogP contribution is -2.61. The van der Waals surface area contributed by atoms with Crippen LogP contribution in [0.4, 0.5) is 0 Å². The highest BCUT2D eigenvalue weighted by molar-refractivity contribution is 7.99. The molecule has 1 aliphatic heterocycles. The Kier molecular flexibility index (Phi) is 5.85. The van der Waals surface area contributed by atoms with Gasteiger partial charge in [-0.05, 0) is 63.2 Å². The number of thioether (sulfide) groups is 1. The van der Waals surface area contributed by atoms with E-state index in [0.717, 1.165) is 24.1 Å². The Bertz CT molecular complexity index is 1200. The smallest absolute Gasteiger partial charge is 0.308 e. The quantitative estimate of drug-likeness (QED) is 0.449. The van der Waals surface area contributed by atoms with E-state index in [1.165, 1.54) is 22.9 Å². The van der Waals surface area contributed by atoms with Gasteiger partial charge in [-0.15, -0.1) is 11.8 Å². The number of hydrogen-bond donors (Lipinski definition) is 0. The summed E-state index contributed by atoms with van der Waals surface area (Å²) in [6.45, 7) is 6.42. The highest BCUT2D eigenvalue weighted by Crippen LogP contribution is 2.62. The third-order valence-corrected chi connectivity index (χ3v) is 9.04. The van der Waals surface area contributed by atoms with Crippen molar-refractivity contribution < 1.29 is 19.1 Å². The fourth-order valence-electron chi connectivity index (χ4n) is 6.25. The number of carbonyl (C=O) groups excluding carboxylic acids is 2. The largest absolute Gasteiger partial charge is 0.493 e. The molecule has 6 heteroatoms. The second-order valence-electron chi connectivity index (χ2n) is 9.86. The molecule has 0 saturated carbocycles.